The minimum absolute atomic E-state index is 0.0592. The van der Waals surface area contributed by atoms with Gasteiger partial charge < -0.3 is 40.0 Å². The molecule has 0 radical (unpaired) electrons. The van der Waals surface area contributed by atoms with Crippen LogP contribution in [0.3, 0.4) is 0 Å². The lowest BCUT2D eigenvalue weighted by Gasteiger charge is -2.40. The molecule has 166 valence electrons. The van der Waals surface area contributed by atoms with Crippen molar-refractivity contribution in [1.29, 1.82) is 0 Å². The molecule has 1 aliphatic rings. The zero-order valence-electron chi connectivity index (χ0n) is 17.1. The number of amides is 1. The molecule has 0 aliphatic carbocycles. The van der Waals surface area contributed by atoms with Gasteiger partial charge in [0.1, 0.15) is 24.4 Å². The van der Waals surface area contributed by atoms with Crippen molar-refractivity contribution in [3.63, 3.8) is 0 Å². The highest BCUT2D eigenvalue weighted by Crippen LogP contribution is 2.23. The second kappa shape index (κ2) is 13.4. The summed E-state index contributed by atoms with van der Waals surface area (Å²) in [7, 11) is 0. The highest BCUT2D eigenvalue weighted by Gasteiger charge is 2.44. The Morgan fingerprint density at radius 1 is 1.11 bits per heavy atom. The summed E-state index contributed by atoms with van der Waals surface area (Å²) in [6, 6.07) is -0.685. The number of hydrogen-bond donors (Lipinski definition) is 5. The lowest BCUT2D eigenvalue weighted by atomic mass is 9.99. The van der Waals surface area contributed by atoms with E-state index in [9.17, 15) is 25.2 Å². The van der Waals surface area contributed by atoms with Gasteiger partial charge in [0, 0.05) is 13.5 Å². The fourth-order valence-electron chi connectivity index (χ4n) is 3.02. The van der Waals surface area contributed by atoms with Gasteiger partial charge in [0.05, 0.1) is 25.4 Å². The molecule has 1 fully saturated rings. The van der Waals surface area contributed by atoms with Gasteiger partial charge in [-0.1, -0.05) is 33.1 Å². The molecule has 0 aromatic rings. The molecule has 1 amide bonds. The van der Waals surface area contributed by atoms with Gasteiger partial charge in [-0.3, -0.25) is 4.79 Å². The van der Waals surface area contributed by atoms with Crippen molar-refractivity contribution in [1.82, 2.24) is 5.32 Å². The van der Waals surface area contributed by atoms with Gasteiger partial charge in [-0.05, 0) is 12.8 Å². The molecule has 9 heteroatoms. The van der Waals surface area contributed by atoms with E-state index >= 15 is 0 Å². The van der Waals surface area contributed by atoms with E-state index in [-0.39, 0.29) is 19.1 Å². The molecule has 7 atom stereocenters. The standard InChI is InChI=1S/C19H37NO8/c1-4-6-7-8-9-26-11-15-16(23)17(24)18(25)19(28-15)27-10-13(14(22)5-2)20-12(3)21/h13-19,22-25H,4-11H2,1-3H3,(H,20,21)/t13-,14?,15?,16?,17?,18?,19?/m0/s1. The predicted octanol–water partition coefficient (Wildman–Crippen LogP) is -0.317. The largest absolute Gasteiger partial charge is 0.391 e. The fraction of sp³-hybridized carbons (Fsp3) is 0.947. The quantitative estimate of drug-likeness (QED) is 0.262. The third kappa shape index (κ3) is 8.28. The van der Waals surface area contributed by atoms with E-state index in [1.54, 1.807) is 6.92 Å². The van der Waals surface area contributed by atoms with Gasteiger partial charge in [0.2, 0.25) is 5.91 Å². The summed E-state index contributed by atoms with van der Waals surface area (Å²) in [5, 5.41) is 42.9. The van der Waals surface area contributed by atoms with E-state index in [1.165, 1.54) is 6.92 Å². The van der Waals surface area contributed by atoms with E-state index in [1.807, 2.05) is 0 Å². The average molecular weight is 408 g/mol. The second-order valence-corrected chi connectivity index (χ2v) is 7.27. The molecule has 0 saturated carbocycles. The van der Waals surface area contributed by atoms with Crippen molar-refractivity contribution in [2.24, 2.45) is 0 Å². The molecule has 28 heavy (non-hydrogen) atoms. The molecule has 0 aromatic carbocycles. The Balaban J connectivity index is 2.55. The molecule has 1 aliphatic heterocycles. The molecule has 0 bridgehead atoms. The SMILES string of the molecule is CCCCCCOCC1OC(OC[C@H](NC(C)=O)C(O)CC)C(O)C(O)C1O. The lowest BCUT2D eigenvalue weighted by Crippen LogP contribution is -2.60. The number of unbranched alkanes of at least 4 members (excludes halogenated alkanes) is 3. The molecule has 0 spiro atoms. The highest BCUT2D eigenvalue weighted by molar-refractivity contribution is 5.73. The van der Waals surface area contributed by atoms with Gasteiger partial charge in [0.25, 0.3) is 0 Å². The molecule has 1 heterocycles. The molecule has 1 saturated heterocycles. The third-order valence-electron chi connectivity index (χ3n) is 4.80. The van der Waals surface area contributed by atoms with Crippen molar-refractivity contribution >= 4 is 5.91 Å². The van der Waals surface area contributed by atoms with Crippen molar-refractivity contribution in [3.8, 4) is 0 Å². The minimum Gasteiger partial charge on any atom is -0.391 e. The van der Waals surface area contributed by atoms with Crippen LogP contribution in [0.5, 0.6) is 0 Å². The maximum atomic E-state index is 11.3. The Kier molecular flexibility index (Phi) is 12.1. The number of nitrogens with one attached hydrogen (secondary N) is 1. The monoisotopic (exact) mass is 407 g/mol. The molecule has 1 rings (SSSR count). The lowest BCUT2D eigenvalue weighted by molar-refractivity contribution is -0.304. The molecule has 9 nitrogen and oxygen atoms in total. The summed E-state index contributed by atoms with van der Waals surface area (Å²) in [6.07, 6.45) is -2.52. The first-order valence-corrected chi connectivity index (χ1v) is 10.2. The first-order valence-electron chi connectivity index (χ1n) is 10.2. The van der Waals surface area contributed by atoms with Crippen LogP contribution in [0.4, 0.5) is 0 Å². The van der Waals surface area contributed by atoms with Crippen LogP contribution in [-0.4, -0.2) is 89.0 Å². The first kappa shape index (κ1) is 25.2. The van der Waals surface area contributed by atoms with Crippen molar-refractivity contribution in [2.45, 2.75) is 95.7 Å². The van der Waals surface area contributed by atoms with Crippen molar-refractivity contribution in [2.75, 3.05) is 19.8 Å². The van der Waals surface area contributed by atoms with Crippen LogP contribution in [0.15, 0.2) is 0 Å². The van der Waals surface area contributed by atoms with E-state index in [0.29, 0.717) is 13.0 Å². The molecule has 5 N–H and O–H groups in total. The number of aliphatic hydroxyl groups is 4. The summed E-state index contributed by atoms with van der Waals surface area (Å²) in [5.74, 6) is -0.323. The van der Waals surface area contributed by atoms with Crippen LogP contribution in [0, 0.1) is 0 Å². The first-order chi connectivity index (χ1) is 13.3. The van der Waals surface area contributed by atoms with Crippen LogP contribution in [-0.2, 0) is 19.0 Å². The summed E-state index contributed by atoms with van der Waals surface area (Å²) in [6.45, 7) is 5.67. The Morgan fingerprint density at radius 2 is 1.82 bits per heavy atom. The Bertz CT molecular complexity index is 438. The van der Waals surface area contributed by atoms with Gasteiger partial charge in [0.15, 0.2) is 6.29 Å². The number of ether oxygens (including phenoxy) is 3. The van der Waals surface area contributed by atoms with Gasteiger partial charge in [-0.2, -0.15) is 0 Å². The van der Waals surface area contributed by atoms with Crippen LogP contribution in [0.2, 0.25) is 0 Å². The fourth-order valence-corrected chi connectivity index (χ4v) is 3.02. The van der Waals surface area contributed by atoms with E-state index in [2.05, 4.69) is 12.2 Å². The van der Waals surface area contributed by atoms with Crippen LogP contribution in [0.1, 0.15) is 52.9 Å². The summed E-state index contributed by atoms with van der Waals surface area (Å²) in [5.41, 5.74) is 0. The average Bonchev–Trinajstić information content (AvgIpc) is 2.67. The minimum atomic E-state index is -1.47. The summed E-state index contributed by atoms with van der Waals surface area (Å²) in [4.78, 5) is 11.3. The maximum Gasteiger partial charge on any atom is 0.217 e. The van der Waals surface area contributed by atoms with E-state index in [0.717, 1.165) is 25.7 Å². The normalized spacial score (nSPS) is 30.0. The van der Waals surface area contributed by atoms with Gasteiger partial charge >= 0.3 is 0 Å². The van der Waals surface area contributed by atoms with Crippen LogP contribution in [0.25, 0.3) is 0 Å². The topological polar surface area (TPSA) is 138 Å². The number of aliphatic hydroxyl groups excluding tert-OH is 4. The third-order valence-corrected chi connectivity index (χ3v) is 4.80. The van der Waals surface area contributed by atoms with E-state index < -0.39 is 42.9 Å². The Hall–Kier alpha value is -0.810. The van der Waals surface area contributed by atoms with Gasteiger partial charge in [-0.15, -0.1) is 0 Å². The number of carbonyl (C=O) groups is 1. The predicted molar refractivity (Wildman–Crippen MR) is 101 cm³/mol. The summed E-state index contributed by atoms with van der Waals surface area (Å²) >= 11 is 0. The van der Waals surface area contributed by atoms with E-state index in [4.69, 9.17) is 14.2 Å². The van der Waals surface area contributed by atoms with Crippen molar-refractivity contribution < 1.29 is 39.4 Å². The number of rotatable bonds is 13. The number of carbonyl (C=O) groups excluding carboxylic acids is 1. The number of hydrogen-bond acceptors (Lipinski definition) is 8. The summed E-state index contributed by atoms with van der Waals surface area (Å²) < 4.78 is 16.6. The molecular formula is C19H37NO8. The van der Waals surface area contributed by atoms with Crippen LogP contribution >= 0.6 is 0 Å². The Labute approximate surface area is 167 Å². The maximum absolute atomic E-state index is 11.3. The van der Waals surface area contributed by atoms with Crippen LogP contribution < -0.4 is 5.32 Å². The second-order valence-electron chi connectivity index (χ2n) is 7.27. The smallest absolute Gasteiger partial charge is 0.217 e. The highest BCUT2D eigenvalue weighted by atomic mass is 16.7. The van der Waals surface area contributed by atoms with Gasteiger partial charge in [-0.25, -0.2) is 0 Å². The molecule has 0 aromatic heterocycles. The molecule has 6 unspecified atom stereocenters. The Morgan fingerprint density at radius 3 is 2.43 bits per heavy atom. The van der Waals surface area contributed by atoms with Crippen molar-refractivity contribution in [3.05, 3.63) is 0 Å². The zero-order chi connectivity index (χ0) is 21.1. The zero-order valence-corrected chi connectivity index (χ0v) is 17.1. The molecular weight excluding hydrogens is 370 g/mol.